The minimum atomic E-state index is 1.02. The fourth-order valence-electron chi connectivity index (χ4n) is 1.05. The number of anilines is 1. The highest BCUT2D eigenvalue weighted by molar-refractivity contribution is 5.48. The molecule has 1 heterocycles. The van der Waals surface area contributed by atoms with E-state index < -0.39 is 0 Å². The Bertz CT molecular complexity index is 233. The number of rotatable bonds is 2. The second-order valence-corrected chi connectivity index (χ2v) is 2.62. The molecule has 0 aliphatic heterocycles. The predicted molar refractivity (Wildman–Crippen MR) is 47.9 cm³/mol. The lowest BCUT2D eigenvalue weighted by molar-refractivity contribution is 0.949. The summed E-state index contributed by atoms with van der Waals surface area (Å²) in [5.74, 6) is 0. The van der Waals surface area contributed by atoms with E-state index in [2.05, 4.69) is 29.9 Å². The van der Waals surface area contributed by atoms with Gasteiger partial charge in [0.2, 0.25) is 0 Å². The molecule has 0 saturated carbocycles. The summed E-state index contributed by atoms with van der Waals surface area (Å²) >= 11 is 0. The van der Waals surface area contributed by atoms with Crippen molar-refractivity contribution in [2.75, 3.05) is 18.5 Å². The van der Waals surface area contributed by atoms with Crippen molar-refractivity contribution >= 4 is 5.69 Å². The lowest BCUT2D eigenvalue weighted by Gasteiger charge is -2.17. The third-order valence-electron chi connectivity index (χ3n) is 1.86. The van der Waals surface area contributed by atoms with Crippen LogP contribution in [0, 0.1) is 6.92 Å². The maximum atomic E-state index is 4.21. The molecule has 0 radical (unpaired) electrons. The highest BCUT2D eigenvalue weighted by atomic mass is 15.1. The van der Waals surface area contributed by atoms with Crippen LogP contribution in [-0.4, -0.2) is 18.6 Å². The Balaban J connectivity index is 2.93. The summed E-state index contributed by atoms with van der Waals surface area (Å²) in [5, 5.41) is 0. The van der Waals surface area contributed by atoms with E-state index in [-0.39, 0.29) is 0 Å². The largest absolute Gasteiger partial charge is 0.373 e. The molecule has 0 amide bonds. The van der Waals surface area contributed by atoms with E-state index in [0.717, 1.165) is 12.2 Å². The van der Waals surface area contributed by atoms with Gasteiger partial charge in [-0.3, -0.25) is 4.98 Å². The fraction of sp³-hybridized carbons (Fsp3) is 0.444. The molecule has 11 heavy (non-hydrogen) atoms. The van der Waals surface area contributed by atoms with E-state index in [1.807, 2.05) is 19.2 Å². The second kappa shape index (κ2) is 3.37. The molecular formula is C9H14N2. The van der Waals surface area contributed by atoms with Crippen molar-refractivity contribution in [3.05, 3.63) is 24.0 Å². The average molecular weight is 150 g/mol. The third kappa shape index (κ3) is 1.70. The first-order valence-corrected chi connectivity index (χ1v) is 3.88. The van der Waals surface area contributed by atoms with Gasteiger partial charge in [-0.1, -0.05) is 0 Å². The van der Waals surface area contributed by atoms with Crippen LogP contribution < -0.4 is 4.90 Å². The van der Waals surface area contributed by atoms with Crippen molar-refractivity contribution in [1.82, 2.24) is 4.98 Å². The SMILES string of the molecule is CCN(C)c1cccnc1C. The summed E-state index contributed by atoms with van der Waals surface area (Å²) in [6, 6.07) is 4.06. The van der Waals surface area contributed by atoms with Crippen molar-refractivity contribution in [3.8, 4) is 0 Å². The van der Waals surface area contributed by atoms with Crippen molar-refractivity contribution in [2.45, 2.75) is 13.8 Å². The standard InChI is InChI=1S/C9H14N2/c1-4-11(3)9-6-5-7-10-8(9)2/h5-7H,4H2,1-3H3. The summed E-state index contributed by atoms with van der Waals surface area (Å²) in [5.41, 5.74) is 2.31. The predicted octanol–water partition coefficient (Wildman–Crippen LogP) is 1.85. The monoisotopic (exact) mass is 150 g/mol. The van der Waals surface area contributed by atoms with Crippen molar-refractivity contribution in [3.63, 3.8) is 0 Å². The smallest absolute Gasteiger partial charge is 0.0605 e. The molecule has 0 saturated heterocycles. The molecule has 0 bridgehead atoms. The minimum Gasteiger partial charge on any atom is -0.373 e. The van der Waals surface area contributed by atoms with Gasteiger partial charge in [0, 0.05) is 19.8 Å². The van der Waals surface area contributed by atoms with Gasteiger partial charge in [-0.25, -0.2) is 0 Å². The molecule has 0 fully saturated rings. The average Bonchev–Trinajstić information content (AvgIpc) is 2.04. The van der Waals surface area contributed by atoms with Crippen LogP contribution in [0.1, 0.15) is 12.6 Å². The summed E-state index contributed by atoms with van der Waals surface area (Å²) in [4.78, 5) is 6.39. The zero-order valence-electron chi connectivity index (χ0n) is 7.33. The summed E-state index contributed by atoms with van der Waals surface area (Å²) in [6.45, 7) is 5.18. The lowest BCUT2D eigenvalue weighted by atomic mass is 10.3. The highest BCUT2D eigenvalue weighted by Crippen LogP contribution is 2.14. The molecule has 0 aromatic carbocycles. The van der Waals surface area contributed by atoms with Gasteiger partial charge < -0.3 is 4.90 Å². The molecule has 1 aromatic rings. The third-order valence-corrected chi connectivity index (χ3v) is 1.86. The Morgan fingerprint density at radius 3 is 2.82 bits per heavy atom. The van der Waals surface area contributed by atoms with Crippen LogP contribution >= 0.6 is 0 Å². The van der Waals surface area contributed by atoms with Gasteiger partial charge in [0.15, 0.2) is 0 Å². The molecule has 60 valence electrons. The molecule has 0 unspecified atom stereocenters. The number of pyridine rings is 1. The molecule has 1 rings (SSSR count). The number of aromatic nitrogens is 1. The molecule has 0 aliphatic carbocycles. The number of hydrogen-bond acceptors (Lipinski definition) is 2. The van der Waals surface area contributed by atoms with Crippen LogP contribution in [-0.2, 0) is 0 Å². The van der Waals surface area contributed by atoms with Crippen molar-refractivity contribution < 1.29 is 0 Å². The summed E-state index contributed by atoms with van der Waals surface area (Å²) in [6.07, 6.45) is 1.82. The Kier molecular flexibility index (Phi) is 2.47. The first-order chi connectivity index (χ1) is 5.25. The molecule has 0 atom stereocenters. The zero-order chi connectivity index (χ0) is 8.27. The van der Waals surface area contributed by atoms with Gasteiger partial charge >= 0.3 is 0 Å². The lowest BCUT2D eigenvalue weighted by Crippen LogP contribution is -2.17. The molecule has 0 N–H and O–H groups in total. The number of aryl methyl sites for hydroxylation is 1. The summed E-state index contributed by atoms with van der Waals surface area (Å²) < 4.78 is 0. The highest BCUT2D eigenvalue weighted by Gasteiger charge is 2.00. The Morgan fingerprint density at radius 1 is 1.55 bits per heavy atom. The first-order valence-electron chi connectivity index (χ1n) is 3.88. The van der Waals surface area contributed by atoms with Crippen LogP contribution in [0.25, 0.3) is 0 Å². The maximum Gasteiger partial charge on any atom is 0.0605 e. The molecule has 0 spiro atoms. The fourth-order valence-corrected chi connectivity index (χ4v) is 1.05. The van der Waals surface area contributed by atoms with Gasteiger partial charge in [-0.15, -0.1) is 0 Å². The topological polar surface area (TPSA) is 16.1 Å². The van der Waals surface area contributed by atoms with E-state index in [0.29, 0.717) is 0 Å². The van der Waals surface area contributed by atoms with Crippen LogP contribution in [0.15, 0.2) is 18.3 Å². The van der Waals surface area contributed by atoms with E-state index in [1.54, 1.807) is 0 Å². The molecule has 2 heteroatoms. The quantitative estimate of drug-likeness (QED) is 0.639. The number of hydrogen-bond donors (Lipinski definition) is 0. The van der Waals surface area contributed by atoms with E-state index in [9.17, 15) is 0 Å². The van der Waals surface area contributed by atoms with Crippen LogP contribution in [0.5, 0.6) is 0 Å². The van der Waals surface area contributed by atoms with Crippen LogP contribution in [0.2, 0.25) is 0 Å². The zero-order valence-corrected chi connectivity index (χ0v) is 7.33. The van der Waals surface area contributed by atoms with Crippen LogP contribution in [0.3, 0.4) is 0 Å². The second-order valence-electron chi connectivity index (χ2n) is 2.62. The van der Waals surface area contributed by atoms with E-state index in [1.165, 1.54) is 5.69 Å². The van der Waals surface area contributed by atoms with Crippen molar-refractivity contribution in [2.24, 2.45) is 0 Å². The van der Waals surface area contributed by atoms with Gasteiger partial charge in [0.25, 0.3) is 0 Å². The molecule has 0 aliphatic rings. The molecule has 2 nitrogen and oxygen atoms in total. The van der Waals surface area contributed by atoms with Crippen molar-refractivity contribution in [1.29, 1.82) is 0 Å². The molecule has 1 aromatic heterocycles. The minimum absolute atomic E-state index is 1.02. The number of nitrogens with zero attached hydrogens (tertiary/aromatic N) is 2. The van der Waals surface area contributed by atoms with Crippen LogP contribution in [0.4, 0.5) is 5.69 Å². The Hall–Kier alpha value is -1.05. The van der Waals surface area contributed by atoms with Gasteiger partial charge in [0.05, 0.1) is 11.4 Å². The van der Waals surface area contributed by atoms with Gasteiger partial charge in [-0.05, 0) is 26.0 Å². The van der Waals surface area contributed by atoms with E-state index >= 15 is 0 Å². The van der Waals surface area contributed by atoms with Gasteiger partial charge in [0.1, 0.15) is 0 Å². The summed E-state index contributed by atoms with van der Waals surface area (Å²) in [7, 11) is 2.07. The van der Waals surface area contributed by atoms with E-state index in [4.69, 9.17) is 0 Å². The maximum absolute atomic E-state index is 4.21. The molecular weight excluding hydrogens is 136 g/mol. The normalized spacial score (nSPS) is 9.73. The van der Waals surface area contributed by atoms with Gasteiger partial charge in [-0.2, -0.15) is 0 Å². The first kappa shape index (κ1) is 8.05. The Morgan fingerprint density at radius 2 is 2.27 bits per heavy atom. The Labute approximate surface area is 67.9 Å².